The van der Waals surface area contributed by atoms with Crippen molar-refractivity contribution in [3.63, 3.8) is 0 Å². The van der Waals surface area contributed by atoms with Gasteiger partial charge >= 0.3 is 0 Å². The molecule has 3 nitrogen and oxygen atoms in total. The molecule has 1 heterocycles. The predicted octanol–water partition coefficient (Wildman–Crippen LogP) is 7.16. The number of carbonyl (C=O) groups is 1. The van der Waals surface area contributed by atoms with Crippen LogP contribution in [0.15, 0.2) is 109 Å². The second-order valence-electron chi connectivity index (χ2n) is 9.02. The van der Waals surface area contributed by atoms with Gasteiger partial charge in [-0.25, -0.2) is 0 Å². The fourth-order valence-electron chi connectivity index (χ4n) is 3.76. The number of anilines is 1. The number of aromatic nitrogens is 1. The Morgan fingerprint density at radius 2 is 1.58 bits per heavy atom. The van der Waals surface area contributed by atoms with Crippen molar-refractivity contribution in [3.8, 4) is 0 Å². The standard InChI is InChI=1S/C30H28N2O/c1-30(2,3)25-17-15-23(16-18-25)26(22-9-5-4-6-10-22)12-8-14-29(33)32-28-13-7-11-24-21-31-20-19-27(24)28/h4-21H,1-3H3,(H,32,33). The lowest BCUT2D eigenvalue weighted by molar-refractivity contribution is -0.111. The van der Waals surface area contributed by atoms with Gasteiger partial charge in [0, 0.05) is 34.9 Å². The highest BCUT2D eigenvalue weighted by Crippen LogP contribution is 2.28. The fraction of sp³-hybridized carbons (Fsp3) is 0.133. The Balaban J connectivity index is 1.59. The Morgan fingerprint density at radius 1 is 0.848 bits per heavy atom. The highest BCUT2D eigenvalue weighted by atomic mass is 16.1. The SMILES string of the molecule is CC(C)(C)c1ccc(C(=CC=CC(=O)Nc2cccc3cnccc23)c2ccccc2)cc1. The first kappa shape index (κ1) is 22.2. The number of nitrogens with one attached hydrogen (secondary N) is 1. The second kappa shape index (κ2) is 9.66. The molecule has 0 spiro atoms. The lowest BCUT2D eigenvalue weighted by Crippen LogP contribution is -2.10. The highest BCUT2D eigenvalue weighted by Gasteiger charge is 2.13. The molecular formula is C30H28N2O. The summed E-state index contributed by atoms with van der Waals surface area (Å²) in [6.07, 6.45) is 8.89. The zero-order valence-corrected chi connectivity index (χ0v) is 19.2. The van der Waals surface area contributed by atoms with Crippen LogP contribution in [-0.2, 0) is 10.2 Å². The molecule has 0 aliphatic heterocycles. The van der Waals surface area contributed by atoms with Gasteiger partial charge in [0.1, 0.15) is 0 Å². The number of benzene rings is 3. The topological polar surface area (TPSA) is 42.0 Å². The number of hydrogen-bond donors (Lipinski definition) is 1. The number of rotatable bonds is 5. The molecule has 1 N–H and O–H groups in total. The first-order valence-electron chi connectivity index (χ1n) is 11.1. The van der Waals surface area contributed by atoms with Crippen LogP contribution in [0.2, 0.25) is 0 Å². The fourth-order valence-corrected chi connectivity index (χ4v) is 3.76. The first-order valence-corrected chi connectivity index (χ1v) is 11.1. The Morgan fingerprint density at radius 3 is 2.30 bits per heavy atom. The number of fused-ring (bicyclic) bond motifs is 1. The van der Waals surface area contributed by atoms with Gasteiger partial charge in [-0.05, 0) is 39.8 Å². The van der Waals surface area contributed by atoms with Crippen LogP contribution in [0, 0.1) is 0 Å². The molecule has 3 aromatic carbocycles. The quantitative estimate of drug-likeness (QED) is 0.268. The van der Waals surface area contributed by atoms with E-state index in [1.165, 1.54) is 5.56 Å². The maximum absolute atomic E-state index is 12.6. The van der Waals surface area contributed by atoms with Gasteiger partial charge in [0.05, 0.1) is 0 Å². The summed E-state index contributed by atoms with van der Waals surface area (Å²) in [5, 5.41) is 4.94. The van der Waals surface area contributed by atoms with E-state index in [4.69, 9.17) is 0 Å². The van der Waals surface area contributed by atoms with E-state index in [9.17, 15) is 4.79 Å². The molecule has 0 aliphatic carbocycles. The van der Waals surface area contributed by atoms with Gasteiger partial charge in [-0.3, -0.25) is 9.78 Å². The van der Waals surface area contributed by atoms with Crippen molar-refractivity contribution in [2.75, 3.05) is 5.32 Å². The number of amides is 1. The summed E-state index contributed by atoms with van der Waals surface area (Å²) in [5.74, 6) is -0.175. The molecular weight excluding hydrogens is 404 g/mol. The Bertz CT molecular complexity index is 1310. The summed E-state index contributed by atoms with van der Waals surface area (Å²) in [6.45, 7) is 6.64. The summed E-state index contributed by atoms with van der Waals surface area (Å²) in [7, 11) is 0. The van der Waals surface area contributed by atoms with E-state index in [0.717, 1.165) is 33.2 Å². The van der Waals surface area contributed by atoms with Crippen molar-refractivity contribution in [1.82, 2.24) is 4.98 Å². The van der Waals surface area contributed by atoms with Crippen LogP contribution >= 0.6 is 0 Å². The van der Waals surface area contributed by atoms with Crippen molar-refractivity contribution in [2.45, 2.75) is 26.2 Å². The molecule has 0 atom stereocenters. The molecule has 1 aromatic heterocycles. The van der Waals surface area contributed by atoms with Crippen molar-refractivity contribution >= 4 is 27.9 Å². The summed E-state index contributed by atoms with van der Waals surface area (Å²) in [4.78, 5) is 16.8. The van der Waals surface area contributed by atoms with Gasteiger partial charge in [-0.1, -0.05) is 99.7 Å². The highest BCUT2D eigenvalue weighted by molar-refractivity contribution is 6.06. The molecule has 0 radical (unpaired) electrons. The Kier molecular flexibility index (Phi) is 6.50. The van der Waals surface area contributed by atoms with Crippen molar-refractivity contribution < 1.29 is 4.79 Å². The normalized spacial score (nSPS) is 12.3. The monoisotopic (exact) mass is 432 g/mol. The van der Waals surface area contributed by atoms with E-state index in [-0.39, 0.29) is 11.3 Å². The molecule has 0 fully saturated rings. The van der Waals surface area contributed by atoms with Gasteiger partial charge in [0.15, 0.2) is 0 Å². The molecule has 0 saturated heterocycles. The number of pyridine rings is 1. The lowest BCUT2D eigenvalue weighted by atomic mass is 9.85. The van der Waals surface area contributed by atoms with Crippen molar-refractivity contribution in [2.24, 2.45) is 0 Å². The number of carbonyl (C=O) groups excluding carboxylic acids is 1. The largest absolute Gasteiger partial charge is 0.322 e. The lowest BCUT2D eigenvalue weighted by Gasteiger charge is -2.19. The third-order valence-electron chi connectivity index (χ3n) is 5.60. The van der Waals surface area contributed by atoms with Crippen LogP contribution < -0.4 is 5.32 Å². The van der Waals surface area contributed by atoms with E-state index in [1.54, 1.807) is 18.5 Å². The minimum atomic E-state index is -0.175. The zero-order valence-electron chi connectivity index (χ0n) is 19.2. The Hall–Kier alpha value is -3.98. The molecule has 0 bridgehead atoms. The predicted molar refractivity (Wildman–Crippen MR) is 138 cm³/mol. The maximum atomic E-state index is 12.6. The average molecular weight is 433 g/mol. The number of nitrogens with zero attached hydrogens (tertiary/aromatic N) is 1. The molecule has 1 amide bonds. The maximum Gasteiger partial charge on any atom is 0.248 e. The van der Waals surface area contributed by atoms with Gasteiger partial charge < -0.3 is 5.32 Å². The van der Waals surface area contributed by atoms with Crippen molar-refractivity contribution in [3.05, 3.63) is 126 Å². The zero-order chi connectivity index (χ0) is 23.3. The van der Waals surface area contributed by atoms with Crippen LogP contribution in [0.5, 0.6) is 0 Å². The molecule has 3 heteroatoms. The molecule has 33 heavy (non-hydrogen) atoms. The molecule has 0 aliphatic rings. The van der Waals surface area contributed by atoms with Gasteiger partial charge in [0.2, 0.25) is 5.91 Å². The van der Waals surface area contributed by atoms with Crippen molar-refractivity contribution in [1.29, 1.82) is 0 Å². The van der Waals surface area contributed by atoms with E-state index in [0.29, 0.717) is 0 Å². The van der Waals surface area contributed by atoms with E-state index in [1.807, 2.05) is 54.6 Å². The average Bonchev–Trinajstić information content (AvgIpc) is 2.82. The molecule has 4 rings (SSSR count). The van der Waals surface area contributed by atoms with Crippen LogP contribution in [0.3, 0.4) is 0 Å². The third-order valence-corrected chi connectivity index (χ3v) is 5.60. The summed E-state index contributed by atoms with van der Waals surface area (Å²) in [6, 6.07) is 26.6. The van der Waals surface area contributed by atoms with E-state index in [2.05, 4.69) is 67.5 Å². The second-order valence-corrected chi connectivity index (χ2v) is 9.02. The van der Waals surface area contributed by atoms with Crippen LogP contribution in [0.25, 0.3) is 16.3 Å². The summed E-state index contributed by atoms with van der Waals surface area (Å²) < 4.78 is 0. The smallest absolute Gasteiger partial charge is 0.248 e. The summed E-state index contributed by atoms with van der Waals surface area (Å²) >= 11 is 0. The number of allylic oxidation sites excluding steroid dienone is 2. The van der Waals surface area contributed by atoms with Gasteiger partial charge in [-0.2, -0.15) is 0 Å². The first-order chi connectivity index (χ1) is 15.9. The molecule has 0 saturated carbocycles. The number of hydrogen-bond acceptors (Lipinski definition) is 2. The molecule has 0 unspecified atom stereocenters. The van der Waals surface area contributed by atoms with Crippen LogP contribution in [-0.4, -0.2) is 10.9 Å². The molecule has 164 valence electrons. The van der Waals surface area contributed by atoms with E-state index < -0.39 is 0 Å². The van der Waals surface area contributed by atoms with E-state index >= 15 is 0 Å². The summed E-state index contributed by atoms with van der Waals surface area (Å²) in [5.41, 5.74) is 5.45. The molecule has 4 aromatic rings. The van der Waals surface area contributed by atoms with Crippen LogP contribution in [0.4, 0.5) is 5.69 Å². The Labute approximate surface area is 195 Å². The minimum absolute atomic E-state index is 0.102. The minimum Gasteiger partial charge on any atom is -0.322 e. The van der Waals surface area contributed by atoms with Crippen LogP contribution in [0.1, 0.15) is 37.5 Å². The van der Waals surface area contributed by atoms with Gasteiger partial charge in [0.25, 0.3) is 0 Å². The third kappa shape index (κ3) is 5.45. The van der Waals surface area contributed by atoms with Gasteiger partial charge in [-0.15, -0.1) is 0 Å².